The van der Waals surface area contributed by atoms with Crippen LogP contribution in [0.2, 0.25) is 0 Å². The lowest BCUT2D eigenvalue weighted by Crippen LogP contribution is -2.31. The number of aliphatic hydroxyl groups is 1. The number of para-hydroxylation sites is 1. The first-order valence-corrected chi connectivity index (χ1v) is 12.3. The third kappa shape index (κ3) is 4.47. The second-order valence-electron chi connectivity index (χ2n) is 10.4. The Hall–Kier alpha value is -4.65. The lowest BCUT2D eigenvalue weighted by atomic mass is 9.85. The van der Waals surface area contributed by atoms with E-state index in [4.69, 9.17) is 9.52 Å². The molecule has 1 aromatic heterocycles. The smallest absolute Gasteiger partial charge is 0.307 e. The number of carboxylic acids is 1. The van der Waals surface area contributed by atoms with Crippen LogP contribution in [0.25, 0.3) is 11.0 Å². The van der Waals surface area contributed by atoms with Gasteiger partial charge in [0, 0.05) is 11.1 Å². The van der Waals surface area contributed by atoms with Crippen molar-refractivity contribution in [3.8, 4) is 0 Å². The quantitative estimate of drug-likeness (QED) is 0.302. The molecule has 0 saturated carbocycles. The van der Waals surface area contributed by atoms with Gasteiger partial charge in [-0.15, -0.1) is 0 Å². The van der Waals surface area contributed by atoms with Gasteiger partial charge in [-0.1, -0.05) is 75.4 Å². The molecule has 5 rings (SSSR count). The number of hydrogen-bond acceptors (Lipinski definition) is 5. The number of fused-ring (bicyclic) bond motifs is 1. The molecule has 0 bridgehead atoms. The number of rotatable bonds is 6. The van der Waals surface area contributed by atoms with Gasteiger partial charge < -0.3 is 14.6 Å². The Morgan fingerprint density at radius 2 is 1.61 bits per heavy atom. The number of Topliss-reactive ketones (excluding diaryl/α,β-unsaturated/α-hetero) is 1. The molecule has 1 atom stereocenters. The van der Waals surface area contributed by atoms with E-state index in [2.05, 4.69) is 20.8 Å². The van der Waals surface area contributed by atoms with Crippen molar-refractivity contribution >= 4 is 34.3 Å². The molecule has 1 aliphatic rings. The molecule has 2 heterocycles. The van der Waals surface area contributed by atoms with E-state index in [1.165, 1.54) is 4.90 Å². The molecule has 2 N–H and O–H groups in total. The average Bonchev–Trinajstić information content (AvgIpc) is 3.43. The molecule has 4 aromatic rings. The molecule has 0 aliphatic carbocycles. The number of aliphatic hydroxyl groups excluding tert-OH is 1. The van der Waals surface area contributed by atoms with Crippen LogP contribution < -0.4 is 4.90 Å². The maximum absolute atomic E-state index is 13.8. The van der Waals surface area contributed by atoms with E-state index in [1.807, 2.05) is 36.4 Å². The summed E-state index contributed by atoms with van der Waals surface area (Å²) in [5.41, 5.74) is 3.05. The third-order valence-electron chi connectivity index (χ3n) is 6.76. The van der Waals surface area contributed by atoms with Crippen molar-refractivity contribution in [3.05, 3.63) is 113 Å². The number of hydrogen-bond donors (Lipinski definition) is 2. The molecule has 1 aliphatic heterocycles. The molecular weight excluding hydrogens is 482 g/mol. The standard InChI is InChI=1S/C31H27NO6/c1-31(2,3)21-12-10-19(11-13-21)27-26(28(35)24-17-20-6-4-5-7-23(20)38-24)29(36)30(37)32(27)22-14-8-18(9-15-22)16-25(33)34/h4-15,17,27,36H,16H2,1-3H3,(H,33,34). The van der Waals surface area contributed by atoms with E-state index in [0.29, 0.717) is 22.4 Å². The number of amides is 1. The van der Waals surface area contributed by atoms with Crippen molar-refractivity contribution in [2.24, 2.45) is 0 Å². The Balaban J connectivity index is 1.61. The minimum Gasteiger partial charge on any atom is -0.503 e. The van der Waals surface area contributed by atoms with Crippen LogP contribution in [0.1, 0.15) is 54.1 Å². The van der Waals surface area contributed by atoms with Gasteiger partial charge in [-0.2, -0.15) is 0 Å². The number of aliphatic carboxylic acids is 1. The van der Waals surface area contributed by atoms with Crippen LogP contribution in [0.5, 0.6) is 0 Å². The molecule has 0 saturated heterocycles. The Kier molecular flexibility index (Phi) is 6.15. The third-order valence-corrected chi connectivity index (χ3v) is 6.76. The van der Waals surface area contributed by atoms with Crippen molar-refractivity contribution in [2.75, 3.05) is 4.90 Å². The molecule has 7 heteroatoms. The predicted octanol–water partition coefficient (Wildman–Crippen LogP) is 6.14. The minimum atomic E-state index is -0.968. The van der Waals surface area contributed by atoms with Gasteiger partial charge in [-0.05, 0) is 46.4 Å². The van der Waals surface area contributed by atoms with E-state index in [0.717, 1.165) is 10.9 Å². The predicted molar refractivity (Wildman–Crippen MR) is 143 cm³/mol. The Morgan fingerprint density at radius 3 is 2.21 bits per heavy atom. The fourth-order valence-corrected chi connectivity index (χ4v) is 4.76. The van der Waals surface area contributed by atoms with Gasteiger partial charge in [0.25, 0.3) is 5.91 Å². The second-order valence-corrected chi connectivity index (χ2v) is 10.4. The van der Waals surface area contributed by atoms with Crippen LogP contribution in [0.4, 0.5) is 5.69 Å². The normalized spacial score (nSPS) is 15.9. The van der Waals surface area contributed by atoms with E-state index in [1.54, 1.807) is 42.5 Å². The molecular formula is C31H27NO6. The Morgan fingerprint density at radius 1 is 0.947 bits per heavy atom. The van der Waals surface area contributed by atoms with Gasteiger partial charge in [0.15, 0.2) is 11.5 Å². The molecule has 0 fully saturated rings. The monoisotopic (exact) mass is 509 g/mol. The Labute approximate surface area is 219 Å². The maximum Gasteiger partial charge on any atom is 0.307 e. The molecule has 0 radical (unpaired) electrons. The summed E-state index contributed by atoms with van der Waals surface area (Å²) in [5, 5.41) is 20.9. The summed E-state index contributed by atoms with van der Waals surface area (Å²) in [6.07, 6.45) is -0.161. The summed E-state index contributed by atoms with van der Waals surface area (Å²) < 4.78 is 5.79. The number of ketones is 1. The van der Waals surface area contributed by atoms with Crippen molar-refractivity contribution < 1.29 is 29.0 Å². The summed E-state index contributed by atoms with van der Waals surface area (Å²) in [5.74, 6) is -2.89. The highest BCUT2D eigenvalue weighted by atomic mass is 16.4. The van der Waals surface area contributed by atoms with Gasteiger partial charge in [0.2, 0.25) is 5.78 Å². The highest BCUT2D eigenvalue weighted by Gasteiger charge is 2.45. The SMILES string of the molecule is CC(C)(C)c1ccc(C2C(C(=O)c3cc4ccccc4o3)=C(O)C(=O)N2c2ccc(CC(=O)O)cc2)cc1. The summed E-state index contributed by atoms with van der Waals surface area (Å²) in [4.78, 5) is 39.7. The molecule has 3 aromatic carbocycles. The molecule has 1 amide bonds. The first-order valence-electron chi connectivity index (χ1n) is 12.3. The summed E-state index contributed by atoms with van der Waals surface area (Å²) in [6.45, 7) is 6.27. The van der Waals surface area contributed by atoms with Crippen LogP contribution in [-0.4, -0.2) is 27.9 Å². The molecule has 192 valence electrons. The fourth-order valence-electron chi connectivity index (χ4n) is 4.76. The lowest BCUT2D eigenvalue weighted by Gasteiger charge is -2.28. The van der Waals surface area contributed by atoms with E-state index in [-0.39, 0.29) is 23.2 Å². The van der Waals surface area contributed by atoms with Gasteiger partial charge in [-0.3, -0.25) is 19.3 Å². The van der Waals surface area contributed by atoms with E-state index < -0.39 is 29.5 Å². The zero-order chi connectivity index (χ0) is 27.2. The van der Waals surface area contributed by atoms with E-state index in [9.17, 15) is 19.5 Å². The zero-order valence-corrected chi connectivity index (χ0v) is 21.3. The number of anilines is 1. The van der Waals surface area contributed by atoms with Crippen molar-refractivity contribution in [3.63, 3.8) is 0 Å². The van der Waals surface area contributed by atoms with Crippen LogP contribution in [-0.2, 0) is 21.4 Å². The molecule has 1 unspecified atom stereocenters. The van der Waals surface area contributed by atoms with Crippen LogP contribution in [0, 0.1) is 0 Å². The summed E-state index contributed by atoms with van der Waals surface area (Å²) in [7, 11) is 0. The van der Waals surface area contributed by atoms with Crippen molar-refractivity contribution in [1.29, 1.82) is 0 Å². The Bertz CT molecular complexity index is 1550. The largest absolute Gasteiger partial charge is 0.503 e. The minimum absolute atomic E-state index is 0.0236. The topological polar surface area (TPSA) is 108 Å². The maximum atomic E-state index is 13.8. The second kappa shape index (κ2) is 9.34. The number of carboxylic acid groups (broad SMARTS) is 1. The molecule has 38 heavy (non-hydrogen) atoms. The number of furan rings is 1. The van der Waals surface area contributed by atoms with Gasteiger partial charge in [-0.25, -0.2) is 0 Å². The molecule has 7 nitrogen and oxygen atoms in total. The van der Waals surface area contributed by atoms with Crippen LogP contribution in [0.15, 0.2) is 94.6 Å². The van der Waals surface area contributed by atoms with Crippen LogP contribution in [0.3, 0.4) is 0 Å². The zero-order valence-electron chi connectivity index (χ0n) is 21.3. The molecule has 0 spiro atoms. The van der Waals surface area contributed by atoms with Gasteiger partial charge in [0.05, 0.1) is 18.0 Å². The fraction of sp³-hybridized carbons (Fsp3) is 0.194. The first kappa shape index (κ1) is 25.0. The van der Waals surface area contributed by atoms with Gasteiger partial charge in [0.1, 0.15) is 5.58 Å². The lowest BCUT2D eigenvalue weighted by molar-refractivity contribution is -0.136. The number of nitrogens with zero attached hydrogens (tertiary/aromatic N) is 1. The number of carbonyl (C=O) groups excluding carboxylic acids is 2. The van der Waals surface area contributed by atoms with E-state index >= 15 is 0 Å². The van der Waals surface area contributed by atoms with Crippen molar-refractivity contribution in [1.82, 2.24) is 0 Å². The van der Waals surface area contributed by atoms with Crippen molar-refractivity contribution in [2.45, 2.75) is 38.6 Å². The highest BCUT2D eigenvalue weighted by Crippen LogP contribution is 2.43. The average molecular weight is 510 g/mol. The first-order chi connectivity index (χ1) is 18.0. The number of benzene rings is 3. The summed E-state index contributed by atoms with van der Waals surface area (Å²) >= 11 is 0. The highest BCUT2D eigenvalue weighted by molar-refractivity contribution is 6.20. The number of carbonyl (C=O) groups is 3. The van der Waals surface area contributed by atoms with Gasteiger partial charge >= 0.3 is 5.97 Å². The van der Waals surface area contributed by atoms with Crippen LogP contribution >= 0.6 is 0 Å². The summed E-state index contributed by atoms with van der Waals surface area (Å²) in [6, 6.07) is 22.0.